The second-order valence-corrected chi connectivity index (χ2v) is 10.4. The van der Waals surface area contributed by atoms with Gasteiger partial charge in [0.1, 0.15) is 15.0 Å². The Morgan fingerprint density at radius 2 is 1.41 bits per heavy atom. The number of halogens is 6. The van der Waals surface area contributed by atoms with Crippen LogP contribution in [0.1, 0.15) is 16.8 Å². The molecule has 37 heavy (non-hydrogen) atoms. The topological polar surface area (TPSA) is 158 Å². The summed E-state index contributed by atoms with van der Waals surface area (Å²) in [5, 5.41) is 8.43. The summed E-state index contributed by atoms with van der Waals surface area (Å²) in [4.78, 5) is 10.7. The molecule has 202 valence electrons. The summed E-state index contributed by atoms with van der Waals surface area (Å²) in [6.07, 6.45) is -14.5. The highest BCUT2D eigenvalue weighted by molar-refractivity contribution is 7.86. The average Bonchev–Trinajstić information content (AvgIpc) is 2.73. The maximum atomic E-state index is 12.8. The number of benzene rings is 3. The largest absolute Gasteiger partial charge is 0.744 e. The van der Waals surface area contributed by atoms with E-state index in [1.807, 2.05) is 0 Å². The van der Waals surface area contributed by atoms with E-state index in [2.05, 4.69) is 4.74 Å². The quantitative estimate of drug-likeness (QED) is 0.194. The number of hydrogen-bond donors (Lipinski definition) is 2. The average molecular weight is 575 g/mol. The Kier molecular flexibility index (Phi) is 7.02. The van der Waals surface area contributed by atoms with Gasteiger partial charge >= 0.3 is 18.3 Å². The molecular weight excluding hydrogens is 562 g/mol. The summed E-state index contributed by atoms with van der Waals surface area (Å²) in [7, 11) is -10.1. The first-order valence-corrected chi connectivity index (χ1v) is 12.5. The van der Waals surface area contributed by atoms with Crippen LogP contribution in [0.15, 0.2) is 52.3 Å². The van der Waals surface area contributed by atoms with Crippen molar-refractivity contribution in [2.45, 2.75) is 34.2 Å². The van der Waals surface area contributed by atoms with Crippen molar-refractivity contribution in [3.63, 3.8) is 0 Å². The van der Waals surface area contributed by atoms with Crippen LogP contribution in [0.25, 0.3) is 21.5 Å². The van der Waals surface area contributed by atoms with Crippen molar-refractivity contribution in [2.75, 3.05) is 6.61 Å². The maximum Gasteiger partial charge on any atom is 0.426 e. The lowest BCUT2D eigenvalue weighted by Crippen LogP contribution is -2.57. The summed E-state index contributed by atoms with van der Waals surface area (Å²) in [6, 6.07) is 6.89. The van der Waals surface area contributed by atoms with E-state index >= 15 is 0 Å². The van der Waals surface area contributed by atoms with Crippen LogP contribution in [0, 0.1) is 0 Å². The van der Waals surface area contributed by atoms with Crippen molar-refractivity contribution in [3.8, 4) is 0 Å². The molecule has 17 heteroatoms. The van der Waals surface area contributed by atoms with Gasteiger partial charge in [-0.1, -0.05) is 12.1 Å². The van der Waals surface area contributed by atoms with Crippen LogP contribution in [0.3, 0.4) is 0 Å². The van der Waals surface area contributed by atoms with Crippen LogP contribution in [0.2, 0.25) is 0 Å². The number of aliphatic hydroxyl groups is 1. The van der Waals surface area contributed by atoms with E-state index in [0.29, 0.717) is 6.07 Å². The van der Waals surface area contributed by atoms with Gasteiger partial charge in [-0.05, 0) is 46.5 Å². The first kappa shape index (κ1) is 28.6. The monoisotopic (exact) mass is 575 g/mol. The molecule has 0 saturated carbocycles. The fraction of sp³-hybridized carbons (Fsp3) is 0.250. The number of carbonyl (C=O) groups excluding carboxylic acids is 1. The van der Waals surface area contributed by atoms with Crippen molar-refractivity contribution in [1.82, 2.24) is 0 Å². The Morgan fingerprint density at radius 1 is 0.865 bits per heavy atom. The number of ether oxygens (including phenoxy) is 1. The molecule has 9 nitrogen and oxygen atoms in total. The lowest BCUT2D eigenvalue weighted by atomic mass is 9.99. The van der Waals surface area contributed by atoms with Gasteiger partial charge in [0.05, 0.1) is 17.1 Å². The molecule has 0 spiro atoms. The standard InChI is InChI=1S/C20H14F6O9S2/c21-19(22,23)18(28,20(24,25)26)4-5-35-17(27)12-6-11-8-13-10(2-1-3-15(13)36(29,30)31)7-14(11)16(9-12)37(32,33)34/h1-3,6-9,28H,4-5H2,(H,29,30,31)(H,32,33,34)/p-1. The van der Waals surface area contributed by atoms with Gasteiger partial charge in [0.25, 0.3) is 15.7 Å². The van der Waals surface area contributed by atoms with Crippen LogP contribution in [0.5, 0.6) is 0 Å². The smallest absolute Gasteiger partial charge is 0.426 e. The molecule has 0 heterocycles. The van der Waals surface area contributed by atoms with E-state index < -0.39 is 72.5 Å². The van der Waals surface area contributed by atoms with Crippen LogP contribution < -0.4 is 0 Å². The number of esters is 1. The van der Waals surface area contributed by atoms with Crippen molar-refractivity contribution < 1.29 is 66.9 Å². The first-order valence-electron chi connectivity index (χ1n) is 9.64. The number of carbonyl (C=O) groups is 1. The number of fused-ring (bicyclic) bond motifs is 2. The minimum absolute atomic E-state index is 0.0569. The van der Waals surface area contributed by atoms with Gasteiger partial charge in [0.15, 0.2) is 0 Å². The van der Waals surface area contributed by atoms with Gasteiger partial charge in [-0.2, -0.15) is 34.8 Å². The molecule has 0 aliphatic carbocycles. The highest BCUT2D eigenvalue weighted by atomic mass is 32.2. The van der Waals surface area contributed by atoms with Crippen molar-refractivity contribution in [2.24, 2.45) is 0 Å². The summed E-state index contributed by atoms with van der Waals surface area (Å²) in [5.41, 5.74) is -6.01. The van der Waals surface area contributed by atoms with Crippen molar-refractivity contribution >= 4 is 47.8 Å². The molecule has 3 aromatic carbocycles. The zero-order valence-electron chi connectivity index (χ0n) is 17.8. The number of alkyl halides is 6. The maximum absolute atomic E-state index is 12.8. The van der Waals surface area contributed by atoms with Crippen LogP contribution in [-0.4, -0.2) is 61.6 Å². The Morgan fingerprint density at radius 3 is 1.92 bits per heavy atom. The van der Waals surface area contributed by atoms with Gasteiger partial charge in [-0.15, -0.1) is 0 Å². The molecule has 3 aromatic rings. The molecule has 0 atom stereocenters. The van der Waals surface area contributed by atoms with E-state index in [-0.39, 0.29) is 21.5 Å². The van der Waals surface area contributed by atoms with E-state index in [9.17, 15) is 57.1 Å². The molecule has 0 aromatic heterocycles. The predicted octanol–water partition coefficient (Wildman–Crippen LogP) is 3.55. The normalized spacial score (nSPS) is 13.8. The lowest BCUT2D eigenvalue weighted by molar-refractivity contribution is -0.371. The van der Waals surface area contributed by atoms with Gasteiger partial charge < -0.3 is 14.4 Å². The summed E-state index contributed by atoms with van der Waals surface area (Å²) < 4.78 is 149. The van der Waals surface area contributed by atoms with E-state index in [4.69, 9.17) is 5.11 Å². The van der Waals surface area contributed by atoms with Gasteiger partial charge in [0, 0.05) is 11.8 Å². The Hall–Kier alpha value is -2.99. The second kappa shape index (κ2) is 9.09. The van der Waals surface area contributed by atoms with Gasteiger partial charge in [-0.3, -0.25) is 4.55 Å². The van der Waals surface area contributed by atoms with Crippen LogP contribution in [0.4, 0.5) is 26.3 Å². The summed E-state index contributed by atoms with van der Waals surface area (Å²) in [6.45, 7) is -1.61. The number of hydrogen-bond acceptors (Lipinski definition) is 8. The third-order valence-electron chi connectivity index (χ3n) is 5.29. The predicted molar refractivity (Wildman–Crippen MR) is 111 cm³/mol. The molecule has 0 saturated heterocycles. The molecule has 0 unspecified atom stereocenters. The molecule has 0 bridgehead atoms. The Bertz CT molecular complexity index is 1600. The first-order chi connectivity index (χ1) is 16.7. The summed E-state index contributed by atoms with van der Waals surface area (Å²) in [5.74, 6) is -1.65. The molecule has 0 aliphatic rings. The molecule has 2 N–H and O–H groups in total. The minimum atomic E-state index is -6.17. The van der Waals surface area contributed by atoms with Crippen molar-refractivity contribution in [1.29, 1.82) is 0 Å². The zero-order chi connectivity index (χ0) is 28.2. The molecule has 0 radical (unpaired) electrons. The fourth-order valence-electron chi connectivity index (χ4n) is 3.44. The third kappa shape index (κ3) is 5.49. The van der Waals surface area contributed by atoms with E-state index in [1.165, 1.54) is 12.1 Å². The van der Waals surface area contributed by atoms with Gasteiger partial charge in [0.2, 0.25) is 0 Å². The lowest BCUT2D eigenvalue weighted by Gasteiger charge is -2.32. The van der Waals surface area contributed by atoms with Crippen LogP contribution >= 0.6 is 0 Å². The van der Waals surface area contributed by atoms with E-state index in [1.54, 1.807) is 0 Å². The highest BCUT2D eigenvalue weighted by Crippen LogP contribution is 2.45. The number of rotatable bonds is 6. The van der Waals surface area contributed by atoms with Crippen LogP contribution in [-0.2, 0) is 25.0 Å². The molecule has 0 fully saturated rings. The molecule has 3 rings (SSSR count). The van der Waals surface area contributed by atoms with Gasteiger partial charge in [-0.25, -0.2) is 13.2 Å². The second-order valence-electron chi connectivity index (χ2n) is 7.70. The third-order valence-corrected chi connectivity index (χ3v) is 7.08. The highest BCUT2D eigenvalue weighted by Gasteiger charge is 2.70. The zero-order valence-corrected chi connectivity index (χ0v) is 19.4. The summed E-state index contributed by atoms with van der Waals surface area (Å²) >= 11 is 0. The fourth-order valence-corrected chi connectivity index (χ4v) is 4.87. The minimum Gasteiger partial charge on any atom is -0.744 e. The van der Waals surface area contributed by atoms with E-state index in [0.717, 1.165) is 24.3 Å². The van der Waals surface area contributed by atoms with Crippen molar-refractivity contribution in [3.05, 3.63) is 48.0 Å². The SMILES string of the molecule is O=C(OCCC(O)(C(F)(F)F)C(F)(F)F)c1cc(S(=O)(=O)[O-])c2cc3cccc(S(=O)(=O)O)c3cc2c1. The molecular formula is C20H13F6O9S2-. The Balaban J connectivity index is 2.09. The Labute approximate surface area is 203 Å². The molecule has 0 amide bonds. The molecule has 0 aliphatic heterocycles.